The molecule has 104 valence electrons. The van der Waals surface area contributed by atoms with E-state index in [-0.39, 0.29) is 0 Å². The lowest BCUT2D eigenvalue weighted by Crippen LogP contribution is -2.29. The molecule has 0 aromatic rings. The van der Waals surface area contributed by atoms with Crippen LogP contribution in [0.3, 0.4) is 0 Å². The van der Waals surface area contributed by atoms with Gasteiger partial charge in [-0.25, -0.2) is 0 Å². The molecule has 0 aromatic heterocycles. The number of hydrogen-bond acceptors (Lipinski definition) is 2. The molecule has 0 aliphatic carbocycles. The van der Waals surface area contributed by atoms with E-state index in [1.54, 1.807) is 7.05 Å². The van der Waals surface area contributed by atoms with Crippen molar-refractivity contribution in [2.45, 2.75) is 13.1 Å². The van der Waals surface area contributed by atoms with Gasteiger partial charge in [0, 0.05) is 31.4 Å². The summed E-state index contributed by atoms with van der Waals surface area (Å²) in [6, 6.07) is 0. The fourth-order valence-electron chi connectivity index (χ4n) is 1.04. The van der Waals surface area contributed by atoms with Crippen molar-refractivity contribution in [1.29, 1.82) is 0 Å². The molecular formula is C13H21F3N2. The van der Waals surface area contributed by atoms with Crippen molar-refractivity contribution in [3.63, 3.8) is 0 Å². The van der Waals surface area contributed by atoms with E-state index in [4.69, 9.17) is 0 Å². The van der Waals surface area contributed by atoms with Crippen molar-refractivity contribution >= 4 is 0 Å². The molecule has 0 rings (SSSR count). The Labute approximate surface area is 107 Å². The monoisotopic (exact) mass is 262 g/mol. The van der Waals surface area contributed by atoms with Crippen molar-refractivity contribution < 1.29 is 13.2 Å². The van der Waals surface area contributed by atoms with Crippen molar-refractivity contribution in [1.82, 2.24) is 9.80 Å². The second kappa shape index (κ2) is 7.26. The van der Waals surface area contributed by atoms with Gasteiger partial charge < -0.3 is 9.80 Å². The summed E-state index contributed by atoms with van der Waals surface area (Å²) in [4.78, 5) is 3.93. The first-order valence-corrected chi connectivity index (χ1v) is 5.71. The van der Waals surface area contributed by atoms with Crippen molar-refractivity contribution in [2.24, 2.45) is 0 Å². The van der Waals surface area contributed by atoms with Gasteiger partial charge >= 0.3 is 6.18 Å². The molecule has 0 aliphatic rings. The largest absolute Gasteiger partial charge is 0.415 e. The Morgan fingerprint density at radius 2 is 1.67 bits per heavy atom. The highest BCUT2D eigenvalue weighted by Crippen LogP contribution is 2.25. The van der Waals surface area contributed by atoms with E-state index in [2.05, 4.69) is 18.1 Å². The Bertz CT molecular complexity index is 319. The Morgan fingerprint density at radius 1 is 1.11 bits per heavy atom. The van der Waals surface area contributed by atoms with Crippen molar-refractivity contribution in [3.05, 3.63) is 36.6 Å². The Hall–Kier alpha value is -1.23. The first-order valence-electron chi connectivity index (χ1n) is 5.71. The van der Waals surface area contributed by atoms with Crippen molar-refractivity contribution in [3.8, 4) is 0 Å². The number of hydrogen-bond donors (Lipinski definition) is 0. The second-order valence-electron chi connectivity index (χ2n) is 4.17. The van der Waals surface area contributed by atoms with Crippen LogP contribution >= 0.6 is 0 Å². The van der Waals surface area contributed by atoms with Crippen LogP contribution in [0.1, 0.15) is 6.92 Å². The van der Waals surface area contributed by atoms with Gasteiger partial charge in [-0.05, 0) is 25.7 Å². The van der Waals surface area contributed by atoms with Crippen LogP contribution in [0.4, 0.5) is 13.2 Å². The third kappa shape index (κ3) is 6.49. The molecule has 0 heterocycles. The molecule has 0 spiro atoms. The van der Waals surface area contributed by atoms with Gasteiger partial charge in [0.25, 0.3) is 0 Å². The molecule has 0 bridgehead atoms. The third-order valence-corrected chi connectivity index (χ3v) is 2.69. The smallest absolute Gasteiger partial charge is 0.374 e. The van der Waals surface area contributed by atoms with E-state index in [9.17, 15) is 13.2 Å². The van der Waals surface area contributed by atoms with Crippen molar-refractivity contribution in [2.75, 3.05) is 33.7 Å². The van der Waals surface area contributed by atoms with Gasteiger partial charge in [0.1, 0.15) is 0 Å². The summed E-state index contributed by atoms with van der Waals surface area (Å²) >= 11 is 0. The van der Waals surface area contributed by atoms with Gasteiger partial charge in [-0.2, -0.15) is 13.2 Å². The zero-order chi connectivity index (χ0) is 14.3. The molecule has 0 saturated heterocycles. The van der Waals surface area contributed by atoms with Gasteiger partial charge in [-0.1, -0.05) is 20.1 Å². The van der Waals surface area contributed by atoms with Crippen LogP contribution in [0.5, 0.6) is 0 Å². The van der Waals surface area contributed by atoms with Crippen LogP contribution in [-0.2, 0) is 0 Å². The molecule has 0 unspecified atom stereocenters. The summed E-state index contributed by atoms with van der Waals surface area (Å²) in [5, 5.41) is 0. The molecular weight excluding hydrogens is 241 g/mol. The summed E-state index contributed by atoms with van der Waals surface area (Å²) in [5.74, 6) is 0. The van der Waals surface area contributed by atoms with Gasteiger partial charge in [0.15, 0.2) is 0 Å². The van der Waals surface area contributed by atoms with E-state index in [1.165, 1.54) is 6.08 Å². The van der Waals surface area contributed by atoms with Gasteiger partial charge in [0.2, 0.25) is 0 Å². The molecule has 0 aromatic carbocycles. The second-order valence-corrected chi connectivity index (χ2v) is 4.17. The molecule has 0 saturated carbocycles. The zero-order valence-corrected chi connectivity index (χ0v) is 11.2. The number of rotatable bonds is 7. The van der Waals surface area contributed by atoms with Crippen LogP contribution in [0, 0.1) is 0 Å². The number of alkyl halides is 3. The molecule has 5 heteroatoms. The Kier molecular flexibility index (Phi) is 6.76. The highest BCUT2D eigenvalue weighted by molar-refractivity contribution is 5.26. The SMILES string of the molecule is C=C(C=CC(=C)C(F)(F)F)N(C)CCN(C)CC. The minimum absolute atomic E-state index is 0.532. The van der Waals surface area contributed by atoms with Crippen LogP contribution in [0.25, 0.3) is 0 Å². The number of likely N-dealkylation sites (N-methyl/N-ethyl adjacent to an activating group) is 2. The summed E-state index contributed by atoms with van der Waals surface area (Å²) in [5.41, 5.74) is -0.340. The fourth-order valence-corrected chi connectivity index (χ4v) is 1.04. The zero-order valence-electron chi connectivity index (χ0n) is 11.2. The summed E-state index contributed by atoms with van der Waals surface area (Å²) in [6.07, 6.45) is -2.10. The molecule has 0 amide bonds. The first kappa shape index (κ1) is 16.8. The van der Waals surface area contributed by atoms with E-state index in [1.807, 2.05) is 18.9 Å². The van der Waals surface area contributed by atoms with E-state index in [0.29, 0.717) is 12.2 Å². The number of nitrogens with zero attached hydrogens (tertiary/aromatic N) is 2. The fraction of sp³-hybridized carbons (Fsp3) is 0.538. The molecule has 0 radical (unpaired) electrons. The summed E-state index contributed by atoms with van der Waals surface area (Å²) < 4.78 is 36.6. The highest BCUT2D eigenvalue weighted by atomic mass is 19.4. The predicted octanol–water partition coefficient (Wildman–Crippen LogP) is 3.06. The number of halogens is 3. The van der Waals surface area contributed by atoms with Crippen LogP contribution in [-0.4, -0.2) is 49.7 Å². The first-order chi connectivity index (χ1) is 8.18. The predicted molar refractivity (Wildman–Crippen MR) is 69.3 cm³/mol. The molecule has 0 atom stereocenters. The third-order valence-electron chi connectivity index (χ3n) is 2.69. The molecule has 18 heavy (non-hydrogen) atoms. The molecule has 0 N–H and O–H groups in total. The van der Waals surface area contributed by atoms with E-state index >= 15 is 0 Å². The minimum atomic E-state index is -4.38. The Morgan fingerprint density at radius 3 is 2.11 bits per heavy atom. The van der Waals surface area contributed by atoms with Gasteiger partial charge in [-0.3, -0.25) is 0 Å². The lowest BCUT2D eigenvalue weighted by Gasteiger charge is -2.23. The normalized spacial score (nSPS) is 12.2. The average molecular weight is 262 g/mol. The number of allylic oxidation sites excluding steroid dienone is 3. The summed E-state index contributed by atoms with van der Waals surface area (Å²) in [7, 11) is 3.78. The van der Waals surface area contributed by atoms with Gasteiger partial charge in [-0.15, -0.1) is 0 Å². The lowest BCUT2D eigenvalue weighted by molar-refractivity contribution is -0.0878. The molecule has 2 nitrogen and oxygen atoms in total. The standard InChI is InChI=1S/C13H21F3N2/c1-6-17(4)9-10-18(5)12(3)8-7-11(2)13(14,15)16/h7-8H,2-3,6,9-10H2,1,4-5H3. The highest BCUT2D eigenvalue weighted by Gasteiger charge is 2.29. The topological polar surface area (TPSA) is 6.48 Å². The Balaban J connectivity index is 4.24. The van der Waals surface area contributed by atoms with Gasteiger partial charge in [0.05, 0.1) is 0 Å². The molecule has 0 aliphatic heterocycles. The van der Waals surface area contributed by atoms with E-state index < -0.39 is 11.7 Å². The summed E-state index contributed by atoms with van der Waals surface area (Å²) in [6.45, 7) is 11.2. The maximum Gasteiger partial charge on any atom is 0.415 e. The van der Waals surface area contributed by atoms with Crippen LogP contribution in [0.15, 0.2) is 36.6 Å². The van der Waals surface area contributed by atoms with Crippen LogP contribution < -0.4 is 0 Å². The lowest BCUT2D eigenvalue weighted by atomic mass is 10.2. The maximum absolute atomic E-state index is 12.2. The minimum Gasteiger partial charge on any atom is -0.374 e. The average Bonchev–Trinajstić information content (AvgIpc) is 2.30. The quantitative estimate of drug-likeness (QED) is 0.651. The van der Waals surface area contributed by atoms with Crippen LogP contribution in [0.2, 0.25) is 0 Å². The van der Waals surface area contributed by atoms with E-state index in [0.717, 1.165) is 19.2 Å². The maximum atomic E-state index is 12.2. The molecule has 0 fully saturated rings.